The lowest BCUT2D eigenvalue weighted by atomic mass is 9.92. The van der Waals surface area contributed by atoms with E-state index in [-0.39, 0.29) is 0 Å². The molecular formula is C64H45NSi. The van der Waals surface area contributed by atoms with E-state index in [1.807, 2.05) is 0 Å². The van der Waals surface area contributed by atoms with E-state index in [0.717, 1.165) is 0 Å². The van der Waals surface area contributed by atoms with E-state index >= 15 is 0 Å². The number of aromatic nitrogens is 1. The van der Waals surface area contributed by atoms with E-state index in [4.69, 9.17) is 0 Å². The van der Waals surface area contributed by atoms with Crippen molar-refractivity contribution < 1.29 is 0 Å². The molecule has 1 aliphatic rings. The zero-order valence-electron chi connectivity index (χ0n) is 37.0. The summed E-state index contributed by atoms with van der Waals surface area (Å²) in [5, 5.41) is 10.7. The van der Waals surface area contributed by atoms with Crippen LogP contribution in [0.5, 0.6) is 0 Å². The third-order valence-corrected chi connectivity index (χ3v) is 17.9. The highest BCUT2D eigenvalue weighted by molar-refractivity contribution is 7.03. The second-order valence-corrected chi connectivity index (χ2v) is 22.8. The summed E-state index contributed by atoms with van der Waals surface area (Å²) in [5.74, 6) is 0. The molecule has 0 unspecified atom stereocenters. The van der Waals surface area contributed by atoms with Crippen LogP contribution >= 0.6 is 0 Å². The van der Waals surface area contributed by atoms with Crippen LogP contribution in [-0.4, -0.2) is 12.6 Å². The van der Waals surface area contributed by atoms with Crippen molar-refractivity contribution in [2.45, 2.75) is 13.1 Å². The standard InChI is InChI=1S/C64H45NSi/c1-66(2)63-40-51(58-39-50-17-9-10-18-53(50)54-19-11-12-20-55(54)58)29-33-56(63)57-34-32-52(41-64(57)66)65-61-35-30-48(46-25-21-44(22-26-46)42-13-5-3-6-14-42)37-59(61)60-38-49(31-36-62(60)65)47-27-23-45(24-28-47)43-15-7-4-8-16-43/h3-41H,1-2H3. The Morgan fingerprint density at radius 1 is 0.273 bits per heavy atom. The largest absolute Gasteiger partial charge is 0.309 e. The summed E-state index contributed by atoms with van der Waals surface area (Å²) >= 11 is 0. The molecule has 2 heteroatoms. The van der Waals surface area contributed by atoms with Gasteiger partial charge in [-0.3, -0.25) is 0 Å². The van der Waals surface area contributed by atoms with Crippen molar-refractivity contribution in [2.75, 3.05) is 0 Å². The maximum Gasteiger partial charge on any atom is 0.113 e. The first-order valence-corrected chi connectivity index (χ1v) is 26.1. The molecule has 0 spiro atoms. The Kier molecular flexibility index (Phi) is 8.74. The minimum atomic E-state index is -2.12. The van der Waals surface area contributed by atoms with Crippen LogP contribution in [-0.2, 0) is 0 Å². The van der Waals surface area contributed by atoms with Crippen molar-refractivity contribution in [3.63, 3.8) is 0 Å². The van der Waals surface area contributed by atoms with Gasteiger partial charge in [0.05, 0.1) is 11.0 Å². The van der Waals surface area contributed by atoms with Crippen molar-refractivity contribution in [3.05, 3.63) is 237 Å². The van der Waals surface area contributed by atoms with Crippen molar-refractivity contribution in [2.24, 2.45) is 0 Å². The van der Waals surface area contributed by atoms with Crippen LogP contribution in [0.15, 0.2) is 237 Å². The smallest absolute Gasteiger partial charge is 0.113 e. The molecular weight excluding hydrogens is 811 g/mol. The summed E-state index contributed by atoms with van der Waals surface area (Å²) < 4.78 is 2.51. The van der Waals surface area contributed by atoms with Crippen molar-refractivity contribution in [1.82, 2.24) is 4.57 Å². The Labute approximate surface area is 386 Å². The molecule has 12 aromatic rings. The van der Waals surface area contributed by atoms with Gasteiger partial charge >= 0.3 is 0 Å². The lowest BCUT2D eigenvalue weighted by Gasteiger charge is -2.21. The van der Waals surface area contributed by atoms with Gasteiger partial charge in [0.25, 0.3) is 0 Å². The van der Waals surface area contributed by atoms with Crippen LogP contribution in [0.4, 0.5) is 0 Å². The molecule has 310 valence electrons. The van der Waals surface area contributed by atoms with E-state index in [0.29, 0.717) is 0 Å². The summed E-state index contributed by atoms with van der Waals surface area (Å²) in [7, 11) is -2.12. The van der Waals surface area contributed by atoms with Gasteiger partial charge in [-0.2, -0.15) is 0 Å². The third-order valence-electron chi connectivity index (χ3n) is 14.4. The number of benzene rings is 11. The molecule has 0 aliphatic carbocycles. The molecule has 0 amide bonds. The van der Waals surface area contributed by atoms with Crippen LogP contribution in [0.3, 0.4) is 0 Å². The summed E-state index contributed by atoms with van der Waals surface area (Å²) in [4.78, 5) is 0. The highest BCUT2D eigenvalue weighted by atomic mass is 28.3. The van der Waals surface area contributed by atoms with Gasteiger partial charge in [0.15, 0.2) is 0 Å². The first-order chi connectivity index (χ1) is 32.5. The Morgan fingerprint density at radius 3 is 1.27 bits per heavy atom. The number of hydrogen-bond donors (Lipinski definition) is 0. The number of nitrogens with zero attached hydrogens (tertiary/aromatic N) is 1. The van der Waals surface area contributed by atoms with Crippen LogP contribution in [0.25, 0.3) is 116 Å². The molecule has 11 aromatic carbocycles. The van der Waals surface area contributed by atoms with E-state index in [2.05, 4.69) is 254 Å². The van der Waals surface area contributed by atoms with Gasteiger partial charge in [-0.25, -0.2) is 0 Å². The third kappa shape index (κ3) is 6.14. The van der Waals surface area contributed by atoms with Gasteiger partial charge < -0.3 is 4.57 Å². The normalized spacial score (nSPS) is 12.8. The van der Waals surface area contributed by atoms with Gasteiger partial charge in [0.1, 0.15) is 8.07 Å². The molecule has 0 radical (unpaired) electrons. The number of rotatable bonds is 6. The maximum absolute atomic E-state index is 2.54. The second-order valence-electron chi connectivity index (χ2n) is 18.5. The molecule has 0 bridgehead atoms. The average Bonchev–Trinajstić information content (AvgIpc) is 3.83. The molecule has 0 saturated heterocycles. The average molecular weight is 856 g/mol. The van der Waals surface area contributed by atoms with E-state index in [9.17, 15) is 0 Å². The fourth-order valence-electron chi connectivity index (χ4n) is 11.0. The summed E-state index contributed by atoms with van der Waals surface area (Å²) in [5.41, 5.74) is 18.8. The fourth-order valence-corrected chi connectivity index (χ4v) is 14.1. The molecule has 1 aliphatic heterocycles. The molecule has 2 heterocycles. The van der Waals surface area contributed by atoms with Gasteiger partial charge in [-0.15, -0.1) is 0 Å². The lowest BCUT2D eigenvalue weighted by molar-refractivity contribution is 1.18. The molecule has 66 heavy (non-hydrogen) atoms. The summed E-state index contributed by atoms with van der Waals surface area (Å²) in [6.45, 7) is 5.08. The highest BCUT2D eigenvalue weighted by Crippen LogP contribution is 2.41. The van der Waals surface area contributed by atoms with Gasteiger partial charge in [-0.1, -0.05) is 207 Å². The molecule has 1 aromatic heterocycles. The fraction of sp³-hybridized carbons (Fsp3) is 0.0312. The predicted molar refractivity (Wildman–Crippen MR) is 285 cm³/mol. The van der Waals surface area contributed by atoms with Crippen LogP contribution in [0.1, 0.15) is 0 Å². The van der Waals surface area contributed by atoms with E-state index in [1.54, 1.807) is 0 Å². The topological polar surface area (TPSA) is 4.93 Å². The molecule has 0 saturated carbocycles. The van der Waals surface area contributed by atoms with E-state index in [1.165, 1.54) is 126 Å². The van der Waals surface area contributed by atoms with Gasteiger partial charge in [-0.05, 0) is 141 Å². The SMILES string of the molecule is C[Si]1(C)c2cc(-c3cc4ccccc4c4ccccc34)ccc2-c2ccc(-n3c4ccc(-c5ccc(-c6ccccc6)cc5)cc4c4cc(-c5ccc(-c6ccccc6)cc5)ccc43)cc21. The molecule has 0 atom stereocenters. The van der Waals surface area contributed by atoms with Crippen molar-refractivity contribution in [1.29, 1.82) is 0 Å². The van der Waals surface area contributed by atoms with Crippen molar-refractivity contribution >= 4 is 61.8 Å². The summed E-state index contributed by atoms with van der Waals surface area (Å²) in [6, 6.07) is 88.1. The highest BCUT2D eigenvalue weighted by Gasteiger charge is 2.38. The minimum Gasteiger partial charge on any atom is -0.309 e. The Hall–Kier alpha value is -8.04. The second kappa shape index (κ2) is 15.0. The Morgan fingerprint density at radius 2 is 0.697 bits per heavy atom. The Bertz CT molecular complexity index is 3720. The first-order valence-electron chi connectivity index (χ1n) is 23.1. The quantitative estimate of drug-likeness (QED) is 0.116. The van der Waals surface area contributed by atoms with Gasteiger partial charge in [0, 0.05) is 16.5 Å². The van der Waals surface area contributed by atoms with Gasteiger partial charge in [0.2, 0.25) is 0 Å². The zero-order chi connectivity index (χ0) is 43.9. The minimum absolute atomic E-state index is 1.21. The summed E-state index contributed by atoms with van der Waals surface area (Å²) in [6.07, 6.45) is 0. The maximum atomic E-state index is 2.54. The van der Waals surface area contributed by atoms with Crippen molar-refractivity contribution in [3.8, 4) is 72.4 Å². The van der Waals surface area contributed by atoms with Crippen LogP contribution in [0.2, 0.25) is 13.1 Å². The molecule has 13 rings (SSSR count). The molecule has 0 fully saturated rings. The van der Waals surface area contributed by atoms with Crippen LogP contribution in [0, 0.1) is 0 Å². The monoisotopic (exact) mass is 855 g/mol. The molecule has 1 nitrogen and oxygen atoms in total. The molecule has 0 N–H and O–H groups in total. The number of fused-ring (bicyclic) bond motifs is 9. The first kappa shape index (κ1) is 38.4. The zero-order valence-corrected chi connectivity index (χ0v) is 38.0. The lowest BCUT2D eigenvalue weighted by Crippen LogP contribution is -2.49. The predicted octanol–water partition coefficient (Wildman–Crippen LogP) is 16.2. The van der Waals surface area contributed by atoms with Crippen LogP contribution < -0.4 is 10.4 Å². The Balaban J connectivity index is 0.935. The van der Waals surface area contributed by atoms with E-state index < -0.39 is 8.07 Å². The number of hydrogen-bond acceptors (Lipinski definition) is 0.